The average molecular weight is 633 g/mol. The molecule has 1 aliphatic heterocycles. The van der Waals surface area contributed by atoms with Gasteiger partial charge >= 0.3 is 0 Å². The number of methoxy groups -OCH3 is 1. The summed E-state index contributed by atoms with van der Waals surface area (Å²) in [5, 5.41) is 40.8. The van der Waals surface area contributed by atoms with Crippen LogP contribution >= 0.6 is 15.9 Å². The second kappa shape index (κ2) is 11.3. The number of hydrogen-bond acceptors (Lipinski definition) is 8. The molecule has 0 radical (unpaired) electrons. The molecule has 2 N–H and O–H groups in total. The summed E-state index contributed by atoms with van der Waals surface area (Å²) >= 11 is 3.40. The van der Waals surface area contributed by atoms with Gasteiger partial charge < -0.3 is 19.7 Å². The Kier molecular flexibility index (Phi) is 8.00. The highest BCUT2D eigenvalue weighted by Crippen LogP contribution is 2.41. The van der Waals surface area contributed by atoms with Crippen molar-refractivity contribution in [2.75, 3.05) is 7.11 Å². The Morgan fingerprint density at radius 1 is 1.17 bits per heavy atom. The van der Waals surface area contributed by atoms with Crippen LogP contribution in [0, 0.1) is 35.7 Å². The van der Waals surface area contributed by atoms with Gasteiger partial charge in [-0.2, -0.15) is 15.5 Å². The van der Waals surface area contributed by atoms with Gasteiger partial charge in [0.05, 0.1) is 23.6 Å². The number of rotatable bonds is 6. The Morgan fingerprint density at radius 3 is 2.51 bits per heavy atom. The van der Waals surface area contributed by atoms with E-state index in [1.807, 2.05) is 0 Å². The predicted molar refractivity (Wildman–Crippen MR) is 141 cm³/mol. The minimum absolute atomic E-state index is 0.0286. The fraction of sp³-hybridized carbons (Fsp3) is 0.333. The topological polar surface area (TPSA) is 131 Å². The Labute approximate surface area is 240 Å². The average Bonchev–Trinajstić information content (AvgIpc) is 3.57. The molecule has 2 aromatic carbocycles. The van der Waals surface area contributed by atoms with Gasteiger partial charge in [0.1, 0.15) is 42.4 Å². The van der Waals surface area contributed by atoms with E-state index < -0.39 is 54.0 Å². The normalized spacial score (nSPS) is 23.4. The maximum absolute atomic E-state index is 13.9. The number of halogens is 4. The zero-order valence-electron chi connectivity index (χ0n) is 21.9. The molecule has 1 saturated heterocycles. The van der Waals surface area contributed by atoms with E-state index in [-0.39, 0.29) is 17.0 Å². The highest BCUT2D eigenvalue weighted by molar-refractivity contribution is 9.10. The highest BCUT2D eigenvalue weighted by atomic mass is 79.9. The first-order valence-corrected chi connectivity index (χ1v) is 13.2. The number of benzene rings is 2. The molecule has 3 heterocycles. The molecule has 10 nitrogen and oxygen atoms in total. The third-order valence-electron chi connectivity index (χ3n) is 6.90. The van der Waals surface area contributed by atoms with Crippen molar-refractivity contribution in [3.63, 3.8) is 0 Å². The lowest BCUT2D eigenvalue weighted by Crippen LogP contribution is -2.56. The first-order valence-electron chi connectivity index (χ1n) is 12.4. The molecule has 1 aliphatic rings. The first-order chi connectivity index (χ1) is 19.5. The third kappa shape index (κ3) is 5.27. The predicted octanol–water partition coefficient (Wildman–Crippen LogP) is 3.93. The fourth-order valence-corrected chi connectivity index (χ4v) is 5.37. The minimum atomic E-state index is -1.59. The van der Waals surface area contributed by atoms with E-state index >= 15 is 0 Å². The second-order valence-corrected chi connectivity index (χ2v) is 10.5. The van der Waals surface area contributed by atoms with E-state index in [0.29, 0.717) is 21.5 Å². The van der Waals surface area contributed by atoms with Crippen molar-refractivity contribution in [1.29, 1.82) is 5.26 Å². The molecule has 0 amide bonds. The van der Waals surface area contributed by atoms with Crippen molar-refractivity contribution in [2.24, 2.45) is 0 Å². The quantitative estimate of drug-likeness (QED) is 0.306. The van der Waals surface area contributed by atoms with Gasteiger partial charge in [-0.25, -0.2) is 22.8 Å². The second-order valence-electron chi connectivity index (χ2n) is 9.61. The number of aliphatic hydroxyl groups is 2. The maximum Gasteiger partial charge on any atom is 0.194 e. The summed E-state index contributed by atoms with van der Waals surface area (Å²) in [5.41, 5.74) is 0.946. The van der Waals surface area contributed by atoms with Crippen LogP contribution in [0.3, 0.4) is 0 Å². The van der Waals surface area contributed by atoms with E-state index in [1.165, 1.54) is 35.8 Å². The maximum atomic E-state index is 13.9. The van der Waals surface area contributed by atoms with Crippen molar-refractivity contribution >= 4 is 15.9 Å². The molecular formula is C27H24BrF3N6O4. The van der Waals surface area contributed by atoms with Gasteiger partial charge in [0.25, 0.3) is 0 Å². The van der Waals surface area contributed by atoms with Crippen LogP contribution in [0.2, 0.25) is 0 Å². The molecule has 0 bridgehead atoms. The summed E-state index contributed by atoms with van der Waals surface area (Å²) in [7, 11) is 1.38. The molecule has 4 unspecified atom stereocenters. The van der Waals surface area contributed by atoms with Crippen molar-refractivity contribution in [1.82, 2.24) is 24.5 Å². The summed E-state index contributed by atoms with van der Waals surface area (Å²) in [5.74, 6) is -3.82. The van der Waals surface area contributed by atoms with Gasteiger partial charge in [-0.15, -0.1) is 0 Å². The van der Waals surface area contributed by atoms with Crippen molar-refractivity contribution in [3.8, 4) is 22.9 Å². The number of aliphatic hydroxyl groups excluding tert-OH is 2. The number of nitriles is 1. The van der Waals surface area contributed by atoms with Gasteiger partial charge in [-0.1, -0.05) is 15.9 Å². The van der Waals surface area contributed by atoms with Crippen LogP contribution in [0.25, 0.3) is 16.8 Å². The molecule has 14 heteroatoms. The van der Waals surface area contributed by atoms with E-state index in [4.69, 9.17) is 9.47 Å². The van der Waals surface area contributed by atoms with Crippen LogP contribution < -0.4 is 0 Å². The largest absolute Gasteiger partial charge is 0.391 e. The number of ether oxygens (including phenoxy) is 2. The Hall–Kier alpha value is -3.61. The van der Waals surface area contributed by atoms with Gasteiger partial charge in [0.15, 0.2) is 23.3 Å². The number of aromatic nitrogens is 5. The molecule has 0 spiro atoms. The van der Waals surface area contributed by atoms with Crippen LogP contribution in [-0.2, 0) is 9.47 Å². The lowest BCUT2D eigenvalue weighted by atomic mass is 9.89. The molecule has 41 heavy (non-hydrogen) atoms. The van der Waals surface area contributed by atoms with E-state index in [0.717, 1.165) is 12.1 Å². The zero-order valence-corrected chi connectivity index (χ0v) is 23.5. The Morgan fingerprint density at radius 2 is 1.88 bits per heavy atom. The lowest BCUT2D eigenvalue weighted by Gasteiger charge is -2.44. The highest BCUT2D eigenvalue weighted by Gasteiger charge is 2.50. The van der Waals surface area contributed by atoms with Crippen LogP contribution in [0.15, 0.2) is 47.2 Å². The summed E-state index contributed by atoms with van der Waals surface area (Å²) in [4.78, 5) is 4.49. The molecule has 6 atom stereocenters. The van der Waals surface area contributed by atoms with Crippen LogP contribution in [0.1, 0.15) is 36.3 Å². The number of nitrogens with zero attached hydrogens (tertiary/aromatic N) is 6. The zero-order chi connectivity index (χ0) is 29.6. The summed E-state index contributed by atoms with van der Waals surface area (Å²) < 4.78 is 56.6. The molecule has 4 aromatic rings. The molecule has 2 aromatic heterocycles. The summed E-state index contributed by atoms with van der Waals surface area (Å²) in [6.07, 6.45) is -2.86. The molecule has 5 rings (SSSR count). The van der Waals surface area contributed by atoms with Crippen LogP contribution in [0.4, 0.5) is 13.2 Å². The summed E-state index contributed by atoms with van der Waals surface area (Å²) in [6, 6.07) is 7.78. The number of aryl methyl sites for hydroxylation is 1. The smallest absolute Gasteiger partial charge is 0.194 e. The third-order valence-corrected chi connectivity index (χ3v) is 7.39. The molecule has 0 aliphatic carbocycles. The lowest BCUT2D eigenvalue weighted by molar-refractivity contribution is -0.230. The van der Waals surface area contributed by atoms with E-state index in [2.05, 4.69) is 37.2 Å². The SMILES string of the molecule is CO[C@H]1C(C(C)O)O[C@@H](c2nc(C)nn2-c2cc(Br)ccc2C#N)C(O)C1n1cc(-c2cc(F)c(F)c(F)c2)cn1. The standard InChI is InChI=1S/C27H24BrF3N6O4/c1-12(38)24-25(40-3)22(36-11-16(10-33-36)15-6-18(29)21(31)19(30)7-15)23(39)26(41-24)27-34-13(2)35-37(27)20-8-17(28)5-4-14(20)9-32/h4-8,10-12,22-26,38-39H,1-3H3/t12?,22?,23?,24?,25-,26-/m1/s1. The van der Waals surface area contributed by atoms with Gasteiger partial charge in [0, 0.05) is 23.3 Å². The summed E-state index contributed by atoms with van der Waals surface area (Å²) in [6.45, 7) is 3.14. The van der Waals surface area contributed by atoms with E-state index in [1.54, 1.807) is 25.1 Å². The first kappa shape index (κ1) is 28.9. The van der Waals surface area contributed by atoms with Crippen molar-refractivity contribution in [3.05, 3.63) is 81.9 Å². The van der Waals surface area contributed by atoms with Crippen molar-refractivity contribution < 1.29 is 32.9 Å². The van der Waals surface area contributed by atoms with Gasteiger partial charge in [-0.05, 0) is 49.7 Å². The molecular weight excluding hydrogens is 609 g/mol. The number of hydrogen-bond donors (Lipinski definition) is 2. The van der Waals surface area contributed by atoms with Crippen molar-refractivity contribution in [2.45, 2.75) is 50.4 Å². The van der Waals surface area contributed by atoms with E-state index in [9.17, 15) is 28.6 Å². The molecule has 1 fully saturated rings. The molecule has 0 saturated carbocycles. The minimum Gasteiger partial charge on any atom is -0.391 e. The molecule has 214 valence electrons. The van der Waals surface area contributed by atoms with Crippen LogP contribution in [0.5, 0.6) is 0 Å². The van der Waals surface area contributed by atoms with Gasteiger partial charge in [-0.3, -0.25) is 4.68 Å². The monoisotopic (exact) mass is 632 g/mol. The van der Waals surface area contributed by atoms with Gasteiger partial charge in [0.2, 0.25) is 0 Å². The Balaban J connectivity index is 1.61. The Bertz CT molecular complexity index is 1610. The van der Waals surface area contributed by atoms with Crippen LogP contribution in [-0.4, -0.2) is 66.3 Å². The fourth-order valence-electron chi connectivity index (χ4n) is 5.02.